The molecule has 0 aliphatic carbocycles. The standard InChI is InChI=1S/C14H11N3O5/c1-16-11(15-6-10(18)14(16)21)7-22-17-12(19)8-4-2-3-5-9(8)13(17)20/h2-6,18H,7H2,1H3. The van der Waals surface area contributed by atoms with E-state index in [0.29, 0.717) is 5.06 Å². The number of carbonyl (C=O) groups is 2. The van der Waals surface area contributed by atoms with Gasteiger partial charge in [-0.15, -0.1) is 5.06 Å². The molecule has 8 heteroatoms. The van der Waals surface area contributed by atoms with Crippen molar-refractivity contribution in [3.63, 3.8) is 0 Å². The molecular weight excluding hydrogens is 290 g/mol. The van der Waals surface area contributed by atoms with Gasteiger partial charge in [0.15, 0.2) is 5.75 Å². The van der Waals surface area contributed by atoms with Gasteiger partial charge in [-0.2, -0.15) is 0 Å². The van der Waals surface area contributed by atoms with Crippen LogP contribution >= 0.6 is 0 Å². The lowest BCUT2D eigenvalue weighted by molar-refractivity contribution is -0.103. The van der Waals surface area contributed by atoms with E-state index in [9.17, 15) is 19.5 Å². The maximum absolute atomic E-state index is 12.1. The Labute approximate surface area is 124 Å². The van der Waals surface area contributed by atoms with E-state index in [1.54, 1.807) is 12.1 Å². The quantitative estimate of drug-likeness (QED) is 0.813. The number of carbonyl (C=O) groups excluding carboxylic acids is 2. The van der Waals surface area contributed by atoms with Gasteiger partial charge in [-0.3, -0.25) is 23.8 Å². The number of rotatable bonds is 3. The highest BCUT2D eigenvalue weighted by atomic mass is 16.7. The van der Waals surface area contributed by atoms with Gasteiger partial charge < -0.3 is 5.11 Å². The molecule has 1 N–H and O–H groups in total. The summed E-state index contributed by atoms with van der Waals surface area (Å²) < 4.78 is 1.08. The zero-order valence-corrected chi connectivity index (χ0v) is 11.5. The number of fused-ring (bicyclic) bond motifs is 1. The van der Waals surface area contributed by atoms with Crippen LogP contribution in [0.2, 0.25) is 0 Å². The molecule has 8 nitrogen and oxygen atoms in total. The number of imide groups is 1. The highest BCUT2D eigenvalue weighted by molar-refractivity contribution is 6.20. The number of nitrogens with zero attached hydrogens (tertiary/aromatic N) is 3. The van der Waals surface area contributed by atoms with Gasteiger partial charge in [0.2, 0.25) is 0 Å². The summed E-state index contributed by atoms with van der Waals surface area (Å²) in [5, 5.41) is 9.89. The Balaban J connectivity index is 1.82. The predicted octanol–water partition coefficient (Wildman–Crippen LogP) is 0.214. The molecule has 2 heterocycles. The maximum atomic E-state index is 12.1. The lowest BCUT2D eigenvalue weighted by atomic mass is 10.1. The first-order valence-corrected chi connectivity index (χ1v) is 6.35. The molecule has 0 atom stereocenters. The number of hydrogen-bond acceptors (Lipinski definition) is 6. The molecule has 0 fully saturated rings. The van der Waals surface area contributed by atoms with Crippen LogP contribution in [0.3, 0.4) is 0 Å². The molecule has 0 saturated carbocycles. The third kappa shape index (κ3) is 2.06. The second-order valence-electron chi connectivity index (χ2n) is 4.65. The van der Waals surface area contributed by atoms with Crippen molar-refractivity contribution in [3.8, 4) is 5.75 Å². The van der Waals surface area contributed by atoms with Gasteiger partial charge in [0.25, 0.3) is 17.4 Å². The molecule has 2 aromatic rings. The van der Waals surface area contributed by atoms with E-state index in [0.717, 1.165) is 10.8 Å². The summed E-state index contributed by atoms with van der Waals surface area (Å²) in [5.74, 6) is -1.46. The number of aromatic hydroxyl groups is 1. The van der Waals surface area contributed by atoms with E-state index in [-0.39, 0.29) is 23.6 Å². The maximum Gasteiger partial charge on any atom is 0.295 e. The first-order chi connectivity index (χ1) is 10.5. The van der Waals surface area contributed by atoms with Crippen molar-refractivity contribution in [1.29, 1.82) is 0 Å². The highest BCUT2D eigenvalue weighted by Crippen LogP contribution is 2.23. The van der Waals surface area contributed by atoms with Crippen LogP contribution in [0.5, 0.6) is 5.75 Å². The molecule has 1 aliphatic heterocycles. The van der Waals surface area contributed by atoms with Crippen LogP contribution in [0.1, 0.15) is 26.5 Å². The van der Waals surface area contributed by atoms with Crippen molar-refractivity contribution in [1.82, 2.24) is 14.6 Å². The van der Waals surface area contributed by atoms with Crippen molar-refractivity contribution in [2.24, 2.45) is 7.05 Å². The molecule has 3 rings (SSSR count). The zero-order valence-electron chi connectivity index (χ0n) is 11.5. The third-order valence-corrected chi connectivity index (χ3v) is 3.33. The first kappa shape index (κ1) is 14.0. The Bertz CT molecular complexity index is 808. The van der Waals surface area contributed by atoms with E-state index < -0.39 is 23.1 Å². The Morgan fingerprint density at radius 2 is 1.73 bits per heavy atom. The van der Waals surface area contributed by atoms with Gasteiger partial charge in [-0.05, 0) is 12.1 Å². The van der Waals surface area contributed by atoms with Gasteiger partial charge in [0.1, 0.15) is 12.4 Å². The Morgan fingerprint density at radius 1 is 1.14 bits per heavy atom. The van der Waals surface area contributed by atoms with Gasteiger partial charge in [-0.25, -0.2) is 4.98 Å². The zero-order chi connectivity index (χ0) is 15.9. The topological polar surface area (TPSA) is 102 Å². The summed E-state index contributed by atoms with van der Waals surface area (Å²) in [6.07, 6.45) is 0.989. The van der Waals surface area contributed by atoms with Crippen LogP contribution in [0.15, 0.2) is 35.3 Å². The average molecular weight is 301 g/mol. The minimum atomic E-state index is -0.643. The monoisotopic (exact) mass is 301 g/mol. The average Bonchev–Trinajstić information content (AvgIpc) is 2.77. The minimum absolute atomic E-state index is 0.166. The SMILES string of the molecule is Cn1c(CON2C(=O)c3ccccc3C2=O)ncc(O)c1=O. The molecule has 0 saturated heterocycles. The molecule has 1 aromatic carbocycles. The van der Waals surface area contributed by atoms with E-state index in [1.165, 1.54) is 19.2 Å². The van der Waals surface area contributed by atoms with Crippen molar-refractivity contribution >= 4 is 11.8 Å². The summed E-state index contributed by atoms with van der Waals surface area (Å²) in [4.78, 5) is 44.8. The second kappa shape index (κ2) is 5.08. The van der Waals surface area contributed by atoms with Gasteiger partial charge in [-0.1, -0.05) is 12.1 Å². The Morgan fingerprint density at radius 3 is 2.32 bits per heavy atom. The Kier molecular flexibility index (Phi) is 3.22. The molecule has 0 spiro atoms. The molecule has 112 valence electrons. The molecule has 0 unspecified atom stereocenters. The van der Waals surface area contributed by atoms with E-state index in [4.69, 9.17) is 4.84 Å². The van der Waals surface area contributed by atoms with Crippen molar-refractivity contribution < 1.29 is 19.5 Å². The van der Waals surface area contributed by atoms with Crippen LogP contribution < -0.4 is 5.56 Å². The smallest absolute Gasteiger partial charge is 0.295 e. The lowest BCUT2D eigenvalue weighted by Gasteiger charge is -2.14. The molecule has 0 radical (unpaired) electrons. The van der Waals surface area contributed by atoms with Gasteiger partial charge in [0.05, 0.1) is 17.3 Å². The summed E-state index contributed by atoms with van der Waals surface area (Å²) >= 11 is 0. The van der Waals surface area contributed by atoms with Gasteiger partial charge in [0, 0.05) is 7.05 Å². The van der Waals surface area contributed by atoms with E-state index >= 15 is 0 Å². The van der Waals surface area contributed by atoms with Crippen LogP contribution in [0.25, 0.3) is 0 Å². The number of benzene rings is 1. The Hall–Kier alpha value is -3.00. The van der Waals surface area contributed by atoms with Gasteiger partial charge >= 0.3 is 0 Å². The normalized spacial score (nSPS) is 13.6. The van der Waals surface area contributed by atoms with Crippen molar-refractivity contribution in [2.75, 3.05) is 0 Å². The molecular formula is C14H11N3O5. The summed E-state index contributed by atoms with van der Waals surface area (Å²) in [6.45, 7) is -0.266. The number of hydroxylamine groups is 2. The van der Waals surface area contributed by atoms with Crippen LogP contribution in [0.4, 0.5) is 0 Å². The molecule has 22 heavy (non-hydrogen) atoms. The van der Waals surface area contributed by atoms with E-state index in [2.05, 4.69) is 4.98 Å². The second-order valence-corrected chi connectivity index (χ2v) is 4.65. The fraction of sp³-hybridized carbons (Fsp3) is 0.143. The van der Waals surface area contributed by atoms with E-state index in [1.807, 2.05) is 0 Å². The van der Waals surface area contributed by atoms with Crippen molar-refractivity contribution in [3.05, 3.63) is 57.8 Å². The fourth-order valence-electron chi connectivity index (χ4n) is 2.11. The largest absolute Gasteiger partial charge is 0.502 e. The lowest BCUT2D eigenvalue weighted by Crippen LogP contribution is -2.31. The number of aromatic nitrogens is 2. The summed E-state index contributed by atoms with van der Waals surface area (Å²) in [7, 11) is 1.40. The fourth-order valence-corrected chi connectivity index (χ4v) is 2.11. The van der Waals surface area contributed by atoms with Crippen LogP contribution in [-0.2, 0) is 18.5 Å². The number of hydrogen-bond donors (Lipinski definition) is 1. The van der Waals surface area contributed by atoms with Crippen LogP contribution in [-0.4, -0.2) is 31.5 Å². The third-order valence-electron chi connectivity index (χ3n) is 3.33. The van der Waals surface area contributed by atoms with Crippen LogP contribution in [0, 0.1) is 0 Å². The number of amides is 2. The summed E-state index contributed by atoms with van der Waals surface area (Å²) in [6, 6.07) is 6.37. The molecule has 1 aromatic heterocycles. The predicted molar refractivity (Wildman–Crippen MR) is 72.9 cm³/mol. The summed E-state index contributed by atoms with van der Waals surface area (Å²) in [5.41, 5.74) is -0.115. The molecule has 2 amide bonds. The van der Waals surface area contributed by atoms with Crippen molar-refractivity contribution in [2.45, 2.75) is 6.61 Å². The molecule has 1 aliphatic rings. The molecule has 0 bridgehead atoms. The first-order valence-electron chi connectivity index (χ1n) is 6.35. The highest BCUT2D eigenvalue weighted by Gasteiger charge is 2.36. The minimum Gasteiger partial charge on any atom is -0.502 e.